The smallest absolute Gasteiger partial charge is 0.301 e. The molecule has 7 nitrogen and oxygen atoms in total. The fraction of sp³-hybridized carbons (Fsp3) is 0. The third kappa shape index (κ3) is 5.54. The number of para-hydroxylation sites is 9. The van der Waals surface area contributed by atoms with Gasteiger partial charge in [-0.25, -0.2) is 0 Å². The van der Waals surface area contributed by atoms with Crippen LogP contribution in [-0.4, -0.2) is 4.57 Å². The van der Waals surface area contributed by atoms with Gasteiger partial charge >= 0.3 is 14.9 Å². The van der Waals surface area contributed by atoms with E-state index in [0.717, 1.165) is 73.0 Å². The number of nitrogens with zero attached hydrogens (tertiary/aromatic N) is 5. The van der Waals surface area contributed by atoms with Crippen LogP contribution >= 0.6 is 14.9 Å². The third-order valence-corrected chi connectivity index (χ3v) is 18.0. The zero-order valence-corrected chi connectivity index (χ0v) is 35.8. The van der Waals surface area contributed by atoms with E-state index in [2.05, 4.69) is 65.2 Å². The molecule has 0 fully saturated rings. The van der Waals surface area contributed by atoms with Crippen LogP contribution in [0.25, 0.3) is 27.5 Å². The molecule has 10 aromatic rings. The molecule has 0 spiro atoms. The van der Waals surface area contributed by atoms with Gasteiger partial charge in [-0.1, -0.05) is 115 Å². The van der Waals surface area contributed by atoms with Crippen molar-refractivity contribution in [3.05, 3.63) is 237 Å². The fourth-order valence-corrected chi connectivity index (χ4v) is 15.6. The summed E-state index contributed by atoms with van der Waals surface area (Å²) in [4.78, 5) is 0. The van der Waals surface area contributed by atoms with Crippen molar-refractivity contribution in [2.45, 2.75) is 0 Å². The number of hydrogen-bond donors (Lipinski definition) is 0. The first-order valence-electron chi connectivity index (χ1n) is 21.0. The third-order valence-electron chi connectivity index (χ3n) is 12.2. The molecule has 0 saturated heterocycles. The van der Waals surface area contributed by atoms with Gasteiger partial charge < -0.3 is 4.57 Å². The lowest BCUT2D eigenvalue weighted by Crippen LogP contribution is -2.26. The molecular formula is C54H39N5O2P2. The Kier molecular flexibility index (Phi) is 8.58. The van der Waals surface area contributed by atoms with E-state index in [4.69, 9.17) is 0 Å². The number of aromatic nitrogens is 1. The maximum atomic E-state index is 16.8. The molecule has 9 aromatic carbocycles. The SMILES string of the molecule is O=P1(c2ccc3c(c2)c2cc(P4(=O)N(c5ccccc5)c5ccccc5N4c4ccccc4)ccc2n3-c2ccccc2)N(c2ccccc2)c2ccccc2N1c1ccccc1. The molecule has 1 aromatic heterocycles. The zero-order valence-electron chi connectivity index (χ0n) is 34.0. The molecule has 0 saturated carbocycles. The standard InChI is InChI=1S/C54H39N5O2P2/c60-62(56(41-22-8-2-9-23-41)51-30-16-17-31-52(51)57(62)42-24-10-3-11-25-42)45-34-36-49-47(38-45)48-39-46(35-37-50(48)55(49)40-20-6-1-7-21-40)63(61)58(43-26-12-4-13-27-43)53-32-18-19-33-54(53)59(63)44-28-14-5-15-29-44/h1-39H. The van der Waals surface area contributed by atoms with Crippen LogP contribution in [0.3, 0.4) is 0 Å². The average molecular weight is 852 g/mol. The summed E-state index contributed by atoms with van der Waals surface area (Å²) in [6, 6.07) is 79.1. The van der Waals surface area contributed by atoms with Crippen molar-refractivity contribution < 1.29 is 9.13 Å². The largest absolute Gasteiger partial charge is 0.309 e. The van der Waals surface area contributed by atoms with Crippen molar-refractivity contribution in [2.24, 2.45) is 0 Å². The summed E-state index contributed by atoms with van der Waals surface area (Å²) < 4.78 is 44.0. The summed E-state index contributed by atoms with van der Waals surface area (Å²) in [5.41, 5.74) is 9.70. The molecule has 9 heteroatoms. The van der Waals surface area contributed by atoms with E-state index < -0.39 is 14.9 Å². The van der Waals surface area contributed by atoms with Crippen LogP contribution < -0.4 is 29.3 Å². The Morgan fingerprint density at radius 1 is 0.270 bits per heavy atom. The highest BCUT2D eigenvalue weighted by Gasteiger charge is 2.50. The Labute approximate surface area is 365 Å². The Balaban J connectivity index is 1.15. The van der Waals surface area contributed by atoms with Gasteiger partial charge in [0.15, 0.2) is 0 Å². The Hall–Kier alpha value is -7.56. The number of benzene rings is 9. The van der Waals surface area contributed by atoms with Gasteiger partial charge in [0.05, 0.1) is 44.4 Å². The lowest BCUT2D eigenvalue weighted by Gasteiger charge is -2.33. The quantitative estimate of drug-likeness (QED) is 0.149. The molecule has 0 atom stereocenters. The van der Waals surface area contributed by atoms with Gasteiger partial charge in [-0.2, -0.15) is 0 Å². The number of fused-ring (bicyclic) bond motifs is 5. The molecule has 0 unspecified atom stereocenters. The maximum absolute atomic E-state index is 16.8. The Bertz CT molecular complexity index is 3090. The lowest BCUT2D eigenvalue weighted by atomic mass is 10.1. The molecule has 2 aliphatic rings. The molecule has 2 aliphatic heterocycles. The number of anilines is 8. The van der Waals surface area contributed by atoms with E-state index in [1.807, 2.05) is 195 Å². The Morgan fingerprint density at radius 2 is 0.524 bits per heavy atom. The van der Waals surface area contributed by atoms with E-state index in [0.29, 0.717) is 10.6 Å². The van der Waals surface area contributed by atoms with Gasteiger partial charge in [0.25, 0.3) is 0 Å². The van der Waals surface area contributed by atoms with E-state index in [1.54, 1.807) is 0 Å². The molecule has 0 N–H and O–H groups in total. The summed E-state index contributed by atoms with van der Waals surface area (Å²) in [5.74, 6) is 0. The van der Waals surface area contributed by atoms with E-state index in [-0.39, 0.29) is 0 Å². The van der Waals surface area contributed by atoms with Gasteiger partial charge in [0, 0.05) is 39.2 Å². The van der Waals surface area contributed by atoms with Crippen LogP contribution in [0.5, 0.6) is 0 Å². The minimum absolute atomic E-state index is 0.674. The van der Waals surface area contributed by atoms with Gasteiger partial charge in [-0.3, -0.25) is 27.8 Å². The van der Waals surface area contributed by atoms with Crippen molar-refractivity contribution in [1.82, 2.24) is 4.57 Å². The predicted molar refractivity (Wildman–Crippen MR) is 262 cm³/mol. The molecule has 0 radical (unpaired) electrons. The van der Waals surface area contributed by atoms with Crippen molar-refractivity contribution in [2.75, 3.05) is 18.7 Å². The maximum Gasteiger partial charge on any atom is 0.301 e. The highest BCUT2D eigenvalue weighted by atomic mass is 31.2. The molecular weight excluding hydrogens is 813 g/mol. The number of hydrogen-bond acceptors (Lipinski definition) is 2. The minimum Gasteiger partial charge on any atom is -0.309 e. The minimum atomic E-state index is -3.71. The molecule has 63 heavy (non-hydrogen) atoms. The fourth-order valence-electron chi connectivity index (χ4n) is 9.55. The second-order valence-corrected chi connectivity index (χ2v) is 20.5. The second-order valence-electron chi connectivity index (χ2n) is 15.7. The first-order chi connectivity index (χ1) is 31.0. The van der Waals surface area contributed by atoms with Crippen LogP contribution in [-0.2, 0) is 9.13 Å². The molecule has 0 bridgehead atoms. The van der Waals surface area contributed by atoms with Crippen molar-refractivity contribution >= 4 is 92.8 Å². The topological polar surface area (TPSA) is 52.0 Å². The lowest BCUT2D eigenvalue weighted by molar-refractivity contribution is 0.581. The first kappa shape index (κ1) is 37.2. The summed E-state index contributed by atoms with van der Waals surface area (Å²) in [6.45, 7) is 0. The summed E-state index contributed by atoms with van der Waals surface area (Å²) in [7, 11) is -7.43. The summed E-state index contributed by atoms with van der Waals surface area (Å²) in [5, 5.41) is 3.16. The van der Waals surface area contributed by atoms with Crippen molar-refractivity contribution in [3.63, 3.8) is 0 Å². The van der Waals surface area contributed by atoms with E-state index >= 15 is 9.13 Å². The van der Waals surface area contributed by atoms with Gasteiger partial charge in [0.2, 0.25) is 0 Å². The average Bonchev–Trinajstić information content (AvgIpc) is 3.93. The summed E-state index contributed by atoms with van der Waals surface area (Å²) in [6.07, 6.45) is 0. The first-order valence-corrected chi connectivity index (χ1v) is 24.2. The second kappa shape index (κ2) is 14.5. The van der Waals surface area contributed by atoms with E-state index in [1.165, 1.54) is 0 Å². The van der Waals surface area contributed by atoms with Crippen LogP contribution in [0.2, 0.25) is 0 Å². The van der Waals surface area contributed by atoms with Crippen LogP contribution in [0, 0.1) is 0 Å². The van der Waals surface area contributed by atoms with Gasteiger partial charge in [-0.15, -0.1) is 0 Å². The molecule has 3 heterocycles. The highest BCUT2D eigenvalue weighted by Crippen LogP contribution is 2.71. The predicted octanol–water partition coefficient (Wildman–Crippen LogP) is 14.4. The summed E-state index contributed by atoms with van der Waals surface area (Å²) >= 11 is 0. The Morgan fingerprint density at radius 3 is 0.810 bits per heavy atom. The van der Waals surface area contributed by atoms with Crippen LogP contribution in [0.15, 0.2) is 237 Å². The van der Waals surface area contributed by atoms with Crippen molar-refractivity contribution in [3.8, 4) is 5.69 Å². The molecule has 0 aliphatic carbocycles. The molecule has 302 valence electrons. The zero-order chi connectivity index (χ0) is 42.1. The highest BCUT2D eigenvalue weighted by molar-refractivity contribution is 7.76. The van der Waals surface area contributed by atoms with Crippen molar-refractivity contribution in [1.29, 1.82) is 0 Å². The normalized spacial score (nSPS) is 14.9. The van der Waals surface area contributed by atoms with Gasteiger partial charge in [0.1, 0.15) is 0 Å². The van der Waals surface area contributed by atoms with Crippen LogP contribution in [0.4, 0.5) is 45.5 Å². The monoisotopic (exact) mass is 851 g/mol. The van der Waals surface area contributed by atoms with E-state index in [9.17, 15) is 0 Å². The number of rotatable bonds is 7. The molecule has 0 amide bonds. The van der Waals surface area contributed by atoms with Gasteiger partial charge in [-0.05, 0) is 121 Å². The molecule has 12 rings (SSSR count). The van der Waals surface area contributed by atoms with Crippen LogP contribution in [0.1, 0.15) is 0 Å².